The average molecular weight is 441 g/mol. The van der Waals surface area contributed by atoms with Crippen molar-refractivity contribution < 1.29 is 27.8 Å². The number of carbonyl (C=O) groups is 1. The standard InChI is InChI=1S/C21H20ClF3N2O3/c1-12(13-5-3-6-15(22)19(13)30-2)10-20(29,21(23,24)25)11-26-16-7-4-8-17-14(16)9-18(28)27-17/h3-8,11-12,29H,9-10H2,1-2H3,(H,27,28). The fourth-order valence-corrected chi connectivity index (χ4v) is 3.74. The normalized spacial score (nSPS) is 16.8. The molecule has 0 spiro atoms. The van der Waals surface area contributed by atoms with Gasteiger partial charge in [-0.1, -0.05) is 36.7 Å². The summed E-state index contributed by atoms with van der Waals surface area (Å²) in [6.07, 6.45) is -5.14. The van der Waals surface area contributed by atoms with E-state index in [0.29, 0.717) is 23.0 Å². The molecule has 0 aromatic heterocycles. The van der Waals surface area contributed by atoms with Crippen molar-refractivity contribution in [2.24, 2.45) is 4.99 Å². The smallest absolute Gasteiger partial charge is 0.422 e. The van der Waals surface area contributed by atoms with Crippen LogP contribution in [-0.2, 0) is 11.2 Å². The maximum atomic E-state index is 13.8. The van der Waals surface area contributed by atoms with E-state index in [0.717, 1.165) is 0 Å². The molecular weight excluding hydrogens is 421 g/mol. The molecule has 160 valence electrons. The molecule has 1 heterocycles. The van der Waals surface area contributed by atoms with E-state index in [-0.39, 0.29) is 28.8 Å². The molecule has 0 aliphatic carbocycles. The Morgan fingerprint density at radius 1 is 1.30 bits per heavy atom. The molecule has 0 saturated carbocycles. The average Bonchev–Trinajstić information content (AvgIpc) is 3.06. The minimum atomic E-state index is -4.97. The van der Waals surface area contributed by atoms with Gasteiger partial charge in [0.25, 0.3) is 0 Å². The molecule has 0 radical (unpaired) electrons. The third-order valence-corrected chi connectivity index (χ3v) is 5.32. The third-order valence-electron chi connectivity index (χ3n) is 5.02. The van der Waals surface area contributed by atoms with Crippen LogP contribution in [0.25, 0.3) is 0 Å². The van der Waals surface area contributed by atoms with Gasteiger partial charge in [-0.3, -0.25) is 9.79 Å². The van der Waals surface area contributed by atoms with Crippen LogP contribution >= 0.6 is 11.6 Å². The zero-order chi connectivity index (χ0) is 22.1. The SMILES string of the molecule is COc1c(Cl)cccc1C(C)CC(O)(C=Nc1cccc2c1CC(=O)N2)C(F)(F)F. The van der Waals surface area contributed by atoms with Crippen LogP contribution in [0.4, 0.5) is 24.5 Å². The van der Waals surface area contributed by atoms with E-state index in [9.17, 15) is 23.1 Å². The first-order chi connectivity index (χ1) is 14.1. The monoisotopic (exact) mass is 440 g/mol. The first-order valence-electron chi connectivity index (χ1n) is 9.14. The minimum absolute atomic E-state index is 0.0173. The zero-order valence-electron chi connectivity index (χ0n) is 16.3. The molecule has 3 rings (SSSR count). The van der Waals surface area contributed by atoms with Crippen molar-refractivity contribution in [1.82, 2.24) is 0 Å². The van der Waals surface area contributed by atoms with Crippen LogP contribution in [0.5, 0.6) is 5.75 Å². The van der Waals surface area contributed by atoms with Gasteiger partial charge >= 0.3 is 6.18 Å². The summed E-state index contributed by atoms with van der Waals surface area (Å²) < 4.78 is 46.7. The number of hydrogen-bond donors (Lipinski definition) is 2. The number of ether oxygens (including phenoxy) is 1. The number of anilines is 1. The van der Waals surface area contributed by atoms with Gasteiger partial charge in [0.15, 0.2) is 5.60 Å². The quantitative estimate of drug-likeness (QED) is 0.619. The van der Waals surface area contributed by atoms with Gasteiger partial charge in [-0.2, -0.15) is 13.2 Å². The van der Waals surface area contributed by atoms with Gasteiger partial charge in [-0.15, -0.1) is 0 Å². The molecule has 5 nitrogen and oxygen atoms in total. The summed E-state index contributed by atoms with van der Waals surface area (Å²) in [4.78, 5) is 15.5. The summed E-state index contributed by atoms with van der Waals surface area (Å²) in [5, 5.41) is 13.4. The van der Waals surface area contributed by atoms with Crippen molar-refractivity contribution in [3.8, 4) is 5.75 Å². The van der Waals surface area contributed by atoms with Crippen molar-refractivity contribution in [3.05, 3.63) is 52.5 Å². The number of amides is 1. The number of halogens is 4. The second-order valence-corrected chi connectivity index (χ2v) is 7.58. The Kier molecular flexibility index (Phi) is 6.10. The molecule has 0 bridgehead atoms. The third kappa shape index (κ3) is 4.29. The predicted molar refractivity (Wildman–Crippen MR) is 109 cm³/mol. The Morgan fingerprint density at radius 3 is 2.67 bits per heavy atom. The highest BCUT2D eigenvalue weighted by atomic mass is 35.5. The lowest BCUT2D eigenvalue weighted by Crippen LogP contribution is -2.47. The summed E-state index contributed by atoms with van der Waals surface area (Å²) >= 11 is 6.07. The van der Waals surface area contributed by atoms with E-state index in [1.165, 1.54) is 13.2 Å². The van der Waals surface area contributed by atoms with Crippen LogP contribution in [0.3, 0.4) is 0 Å². The summed E-state index contributed by atoms with van der Waals surface area (Å²) in [5.74, 6) is -0.750. The van der Waals surface area contributed by atoms with Gasteiger partial charge < -0.3 is 15.2 Å². The first-order valence-corrected chi connectivity index (χ1v) is 9.52. The Balaban J connectivity index is 1.93. The number of alkyl halides is 3. The molecule has 1 aliphatic rings. The number of nitrogens with zero attached hydrogens (tertiary/aromatic N) is 1. The van der Waals surface area contributed by atoms with Gasteiger partial charge in [0, 0.05) is 17.5 Å². The van der Waals surface area contributed by atoms with E-state index in [1.807, 2.05) is 0 Å². The maximum Gasteiger partial charge on any atom is 0.422 e. The molecular formula is C21H20ClF3N2O3. The number of benzene rings is 2. The van der Waals surface area contributed by atoms with E-state index >= 15 is 0 Å². The molecule has 0 saturated heterocycles. The number of rotatable bonds is 6. The lowest BCUT2D eigenvalue weighted by Gasteiger charge is -2.30. The number of fused-ring (bicyclic) bond motifs is 1. The zero-order valence-corrected chi connectivity index (χ0v) is 17.0. The maximum absolute atomic E-state index is 13.8. The molecule has 2 aromatic rings. The molecule has 2 N–H and O–H groups in total. The molecule has 9 heteroatoms. The number of carbonyl (C=O) groups excluding carboxylic acids is 1. The van der Waals surface area contributed by atoms with Crippen molar-refractivity contribution >= 4 is 35.1 Å². The highest BCUT2D eigenvalue weighted by Gasteiger charge is 2.53. The molecule has 30 heavy (non-hydrogen) atoms. The Bertz CT molecular complexity index is 994. The van der Waals surface area contributed by atoms with E-state index < -0.39 is 24.1 Å². The van der Waals surface area contributed by atoms with Crippen molar-refractivity contribution in [3.63, 3.8) is 0 Å². The van der Waals surface area contributed by atoms with Gasteiger partial charge in [-0.25, -0.2) is 0 Å². The molecule has 1 amide bonds. The molecule has 0 fully saturated rings. The second-order valence-electron chi connectivity index (χ2n) is 7.18. The summed E-state index contributed by atoms with van der Waals surface area (Å²) in [5.41, 5.74) is -1.56. The second kappa shape index (κ2) is 8.28. The van der Waals surface area contributed by atoms with Gasteiger partial charge in [0.05, 0.1) is 24.2 Å². The molecule has 2 atom stereocenters. The van der Waals surface area contributed by atoms with E-state index in [4.69, 9.17) is 16.3 Å². The highest BCUT2D eigenvalue weighted by Crippen LogP contribution is 2.42. The fraction of sp³-hybridized carbons (Fsp3) is 0.333. The number of nitrogens with one attached hydrogen (secondary N) is 1. The van der Waals surface area contributed by atoms with Gasteiger partial charge in [0.2, 0.25) is 5.91 Å². The van der Waals surface area contributed by atoms with E-state index in [1.54, 1.807) is 37.3 Å². The molecule has 2 unspecified atom stereocenters. The first kappa shape index (κ1) is 22.1. The Labute approximate surface area is 176 Å². The molecule has 2 aromatic carbocycles. The number of para-hydroxylation sites is 1. The van der Waals surface area contributed by atoms with Crippen LogP contribution < -0.4 is 10.1 Å². The van der Waals surface area contributed by atoms with Crippen LogP contribution in [-0.4, -0.2) is 36.1 Å². The summed E-state index contributed by atoms with van der Waals surface area (Å²) in [7, 11) is 1.38. The lowest BCUT2D eigenvalue weighted by atomic mass is 9.86. The lowest BCUT2D eigenvalue weighted by molar-refractivity contribution is -0.231. The fourth-order valence-electron chi connectivity index (χ4n) is 3.48. The number of aliphatic hydroxyl groups is 1. The van der Waals surface area contributed by atoms with Crippen LogP contribution in [0.2, 0.25) is 5.02 Å². The Hall–Kier alpha value is -2.58. The topological polar surface area (TPSA) is 70.9 Å². The molecule has 1 aliphatic heterocycles. The Morgan fingerprint density at radius 2 is 2.00 bits per heavy atom. The number of hydrogen-bond acceptors (Lipinski definition) is 4. The van der Waals surface area contributed by atoms with Gasteiger partial charge in [0.1, 0.15) is 5.75 Å². The highest BCUT2D eigenvalue weighted by molar-refractivity contribution is 6.32. The minimum Gasteiger partial charge on any atom is -0.495 e. The number of methoxy groups -OCH3 is 1. The largest absolute Gasteiger partial charge is 0.495 e. The predicted octanol–water partition coefficient (Wildman–Crippen LogP) is 5.03. The van der Waals surface area contributed by atoms with E-state index in [2.05, 4.69) is 10.3 Å². The number of aliphatic imine (C=N–C) groups is 1. The van der Waals surface area contributed by atoms with Crippen LogP contribution in [0.15, 0.2) is 41.4 Å². The van der Waals surface area contributed by atoms with Crippen molar-refractivity contribution in [1.29, 1.82) is 0 Å². The van der Waals surface area contributed by atoms with Crippen molar-refractivity contribution in [2.75, 3.05) is 12.4 Å². The van der Waals surface area contributed by atoms with Crippen LogP contribution in [0, 0.1) is 0 Å². The van der Waals surface area contributed by atoms with Gasteiger partial charge in [-0.05, 0) is 36.1 Å². The summed E-state index contributed by atoms with van der Waals surface area (Å²) in [6.45, 7) is 1.54. The van der Waals surface area contributed by atoms with Crippen LogP contribution in [0.1, 0.15) is 30.4 Å². The van der Waals surface area contributed by atoms with Crippen molar-refractivity contribution in [2.45, 2.75) is 37.5 Å². The summed E-state index contributed by atoms with van der Waals surface area (Å²) in [6, 6.07) is 9.49.